The van der Waals surface area contributed by atoms with Gasteiger partial charge < -0.3 is 24.2 Å². The second-order valence-electron chi connectivity index (χ2n) is 8.07. The van der Waals surface area contributed by atoms with Gasteiger partial charge in [0.1, 0.15) is 12.7 Å². The number of aliphatic hydroxyl groups excluding tert-OH is 1. The molecule has 2 aliphatic rings. The normalized spacial score (nSPS) is 23.0. The summed E-state index contributed by atoms with van der Waals surface area (Å²) in [5.74, 6) is -0.796. The number of nitrogens with zero attached hydrogens (tertiary/aromatic N) is 1. The molecular formula is C23H27NO5. The number of carbonyl (C=O) groups is 1. The molecule has 154 valence electrons. The van der Waals surface area contributed by atoms with Crippen LogP contribution in [0, 0.1) is 0 Å². The Hall–Kier alpha value is -2.41. The van der Waals surface area contributed by atoms with Crippen LogP contribution in [0.4, 0.5) is 4.79 Å². The van der Waals surface area contributed by atoms with Gasteiger partial charge in [0.25, 0.3) is 0 Å². The molecule has 6 heteroatoms. The molecule has 29 heavy (non-hydrogen) atoms. The summed E-state index contributed by atoms with van der Waals surface area (Å²) in [5.41, 5.74) is 4.70. The summed E-state index contributed by atoms with van der Waals surface area (Å²) in [4.78, 5) is 14.1. The third kappa shape index (κ3) is 3.88. The summed E-state index contributed by atoms with van der Waals surface area (Å²) < 4.78 is 16.9. The zero-order valence-corrected chi connectivity index (χ0v) is 17.0. The maximum Gasteiger partial charge on any atom is 0.409 e. The molecule has 0 radical (unpaired) electrons. The predicted molar refractivity (Wildman–Crippen MR) is 109 cm³/mol. The third-order valence-electron chi connectivity index (χ3n) is 5.77. The van der Waals surface area contributed by atoms with Crippen LogP contribution in [0.2, 0.25) is 0 Å². The number of amides is 1. The van der Waals surface area contributed by atoms with E-state index in [-0.39, 0.29) is 25.7 Å². The van der Waals surface area contributed by atoms with Gasteiger partial charge in [-0.3, -0.25) is 0 Å². The first-order chi connectivity index (χ1) is 13.9. The smallest absolute Gasteiger partial charge is 0.409 e. The SMILES string of the molecule is CN(C(=O)OCC1c2ccccc2-c2ccccc21)[C@@H]1COC(C)(C)OC[C@H]1O. The lowest BCUT2D eigenvalue weighted by molar-refractivity contribution is -0.204. The molecule has 0 spiro atoms. The maximum absolute atomic E-state index is 12.7. The Morgan fingerprint density at radius 3 is 2.24 bits per heavy atom. The van der Waals surface area contributed by atoms with Gasteiger partial charge in [-0.15, -0.1) is 0 Å². The Morgan fingerprint density at radius 2 is 1.62 bits per heavy atom. The summed E-state index contributed by atoms with van der Waals surface area (Å²) in [6.07, 6.45) is -1.33. The summed E-state index contributed by atoms with van der Waals surface area (Å²) in [7, 11) is 1.62. The van der Waals surface area contributed by atoms with Crippen molar-refractivity contribution in [2.75, 3.05) is 26.9 Å². The lowest BCUT2D eigenvalue weighted by Gasteiger charge is -2.29. The average molecular weight is 397 g/mol. The molecule has 1 amide bonds. The number of benzene rings is 2. The number of rotatable bonds is 3. The minimum absolute atomic E-state index is 0.00248. The van der Waals surface area contributed by atoms with E-state index in [2.05, 4.69) is 24.3 Å². The fraction of sp³-hybridized carbons (Fsp3) is 0.435. The van der Waals surface area contributed by atoms with Gasteiger partial charge in [0.2, 0.25) is 0 Å². The largest absolute Gasteiger partial charge is 0.448 e. The van der Waals surface area contributed by atoms with E-state index in [4.69, 9.17) is 14.2 Å². The highest BCUT2D eigenvalue weighted by Gasteiger charge is 2.36. The Bertz CT molecular complexity index is 851. The van der Waals surface area contributed by atoms with E-state index in [0.717, 1.165) is 11.1 Å². The van der Waals surface area contributed by atoms with Crippen LogP contribution >= 0.6 is 0 Å². The van der Waals surface area contributed by atoms with Crippen LogP contribution in [0.3, 0.4) is 0 Å². The van der Waals surface area contributed by atoms with E-state index in [0.29, 0.717) is 0 Å². The number of ether oxygens (including phenoxy) is 3. The molecule has 1 N–H and O–H groups in total. The van der Waals surface area contributed by atoms with E-state index in [1.165, 1.54) is 16.0 Å². The van der Waals surface area contributed by atoms with Crippen molar-refractivity contribution in [1.82, 2.24) is 4.90 Å². The molecule has 4 rings (SSSR count). The first-order valence-electron chi connectivity index (χ1n) is 9.91. The first-order valence-corrected chi connectivity index (χ1v) is 9.91. The van der Waals surface area contributed by atoms with Crippen molar-refractivity contribution in [2.24, 2.45) is 0 Å². The Morgan fingerprint density at radius 1 is 1.07 bits per heavy atom. The van der Waals surface area contributed by atoms with Gasteiger partial charge in [0.05, 0.1) is 19.3 Å². The number of hydrogen-bond acceptors (Lipinski definition) is 5. The summed E-state index contributed by atoms with van der Waals surface area (Å²) in [6.45, 7) is 4.08. The van der Waals surface area contributed by atoms with E-state index in [1.807, 2.05) is 24.3 Å². The van der Waals surface area contributed by atoms with Crippen molar-refractivity contribution < 1.29 is 24.1 Å². The van der Waals surface area contributed by atoms with Gasteiger partial charge >= 0.3 is 6.09 Å². The Balaban J connectivity index is 1.46. The molecule has 1 heterocycles. The van der Waals surface area contributed by atoms with Crippen molar-refractivity contribution in [3.05, 3.63) is 59.7 Å². The number of likely N-dealkylation sites (N-methyl/N-ethyl adjacent to an activating group) is 1. The monoisotopic (exact) mass is 397 g/mol. The standard InChI is InChI=1S/C23H27NO5/c1-23(2)28-13-20(21(25)14-29-23)24(3)22(26)27-12-19-17-10-6-4-8-15(17)16-9-5-7-11-18(16)19/h4-11,19-21,25H,12-14H2,1-3H3/t20-,21-/m1/s1. The molecule has 1 aliphatic heterocycles. The molecule has 1 fully saturated rings. The minimum atomic E-state index is -0.845. The molecule has 2 atom stereocenters. The molecular weight excluding hydrogens is 370 g/mol. The highest BCUT2D eigenvalue weighted by molar-refractivity contribution is 5.79. The number of aliphatic hydroxyl groups is 1. The van der Waals surface area contributed by atoms with Crippen molar-refractivity contribution in [3.63, 3.8) is 0 Å². The third-order valence-corrected chi connectivity index (χ3v) is 5.77. The molecule has 1 aliphatic carbocycles. The first kappa shape index (κ1) is 19.9. The van der Waals surface area contributed by atoms with Crippen LogP contribution in [0.25, 0.3) is 11.1 Å². The van der Waals surface area contributed by atoms with Crippen LogP contribution in [-0.4, -0.2) is 60.9 Å². The zero-order chi connectivity index (χ0) is 20.6. The van der Waals surface area contributed by atoms with E-state index in [1.54, 1.807) is 20.9 Å². The molecule has 0 bridgehead atoms. The Labute approximate surface area is 171 Å². The second-order valence-corrected chi connectivity index (χ2v) is 8.07. The van der Waals surface area contributed by atoms with Crippen molar-refractivity contribution in [1.29, 1.82) is 0 Å². The van der Waals surface area contributed by atoms with E-state index >= 15 is 0 Å². The average Bonchev–Trinajstić information content (AvgIpc) is 2.96. The molecule has 0 saturated carbocycles. The van der Waals surface area contributed by atoms with Crippen molar-refractivity contribution in [3.8, 4) is 11.1 Å². The molecule has 6 nitrogen and oxygen atoms in total. The quantitative estimate of drug-likeness (QED) is 0.860. The van der Waals surface area contributed by atoms with E-state index in [9.17, 15) is 9.90 Å². The fourth-order valence-corrected chi connectivity index (χ4v) is 4.04. The second kappa shape index (κ2) is 7.78. The number of hydrogen-bond donors (Lipinski definition) is 1. The summed E-state index contributed by atoms with van der Waals surface area (Å²) >= 11 is 0. The lowest BCUT2D eigenvalue weighted by atomic mass is 9.98. The topological polar surface area (TPSA) is 68.2 Å². The zero-order valence-electron chi connectivity index (χ0n) is 17.0. The summed E-state index contributed by atoms with van der Waals surface area (Å²) in [6, 6.07) is 15.9. The van der Waals surface area contributed by atoms with Crippen molar-refractivity contribution >= 4 is 6.09 Å². The van der Waals surface area contributed by atoms with Crippen LogP contribution < -0.4 is 0 Å². The van der Waals surface area contributed by atoms with Crippen LogP contribution in [0.15, 0.2) is 48.5 Å². The predicted octanol–water partition coefficient (Wildman–Crippen LogP) is 3.38. The molecule has 0 unspecified atom stereocenters. The van der Waals surface area contributed by atoms with Gasteiger partial charge in [-0.2, -0.15) is 0 Å². The molecule has 2 aromatic carbocycles. The van der Waals surface area contributed by atoms with Gasteiger partial charge in [-0.1, -0.05) is 48.5 Å². The number of carbonyl (C=O) groups excluding carboxylic acids is 1. The fourth-order valence-electron chi connectivity index (χ4n) is 4.04. The summed E-state index contributed by atoms with van der Waals surface area (Å²) in [5, 5.41) is 10.4. The lowest BCUT2D eigenvalue weighted by Crippen LogP contribution is -2.48. The minimum Gasteiger partial charge on any atom is -0.448 e. The van der Waals surface area contributed by atoms with Crippen LogP contribution in [0.1, 0.15) is 30.9 Å². The van der Waals surface area contributed by atoms with Gasteiger partial charge in [0.15, 0.2) is 5.79 Å². The van der Waals surface area contributed by atoms with Gasteiger partial charge in [0, 0.05) is 13.0 Å². The van der Waals surface area contributed by atoms with Crippen LogP contribution in [0.5, 0.6) is 0 Å². The highest BCUT2D eigenvalue weighted by Crippen LogP contribution is 2.44. The maximum atomic E-state index is 12.7. The van der Waals surface area contributed by atoms with Gasteiger partial charge in [-0.25, -0.2) is 4.79 Å². The number of fused-ring (bicyclic) bond motifs is 3. The Kier molecular flexibility index (Phi) is 5.34. The van der Waals surface area contributed by atoms with Crippen LogP contribution in [-0.2, 0) is 14.2 Å². The highest BCUT2D eigenvalue weighted by atomic mass is 16.7. The van der Waals surface area contributed by atoms with Gasteiger partial charge in [-0.05, 0) is 36.1 Å². The van der Waals surface area contributed by atoms with Crippen molar-refractivity contribution in [2.45, 2.75) is 37.7 Å². The molecule has 1 saturated heterocycles. The molecule has 2 aromatic rings. The van der Waals surface area contributed by atoms with E-state index < -0.39 is 24.0 Å². The molecule has 0 aromatic heterocycles.